The smallest absolute Gasteiger partial charge is 0.269 e. The minimum atomic E-state index is -0.351. The Balaban J connectivity index is 1.98. The number of carbonyl (C=O) groups is 2. The third-order valence-corrected chi connectivity index (χ3v) is 4.00. The van der Waals surface area contributed by atoms with Gasteiger partial charge in [-0.15, -0.1) is 0 Å². The van der Waals surface area contributed by atoms with Crippen molar-refractivity contribution in [2.45, 2.75) is 33.1 Å². The van der Waals surface area contributed by atoms with Crippen LogP contribution in [0.25, 0.3) is 0 Å². The van der Waals surface area contributed by atoms with Gasteiger partial charge in [-0.1, -0.05) is 38.4 Å². The summed E-state index contributed by atoms with van der Waals surface area (Å²) in [6.45, 7) is 7.83. The highest BCUT2D eigenvalue weighted by Gasteiger charge is 2.21. The summed E-state index contributed by atoms with van der Waals surface area (Å²) in [7, 11) is 1.70. The number of amides is 2. The SMILES string of the molecule is Cc1ccc(NC(=O)CNC(=O)c2cc(C(C)(C)C)nn2C)c(Cl)c1. The number of halogens is 1. The van der Waals surface area contributed by atoms with Gasteiger partial charge in [0.05, 0.1) is 22.9 Å². The van der Waals surface area contributed by atoms with Crippen LogP contribution in [-0.4, -0.2) is 28.1 Å². The first-order valence-electron chi connectivity index (χ1n) is 7.96. The van der Waals surface area contributed by atoms with Crippen molar-refractivity contribution in [3.63, 3.8) is 0 Å². The third kappa shape index (κ3) is 4.82. The fraction of sp³-hybridized carbons (Fsp3) is 0.389. The molecule has 0 aliphatic heterocycles. The van der Waals surface area contributed by atoms with Crippen molar-refractivity contribution in [1.82, 2.24) is 15.1 Å². The largest absolute Gasteiger partial charge is 0.342 e. The fourth-order valence-electron chi connectivity index (χ4n) is 2.21. The minimum Gasteiger partial charge on any atom is -0.342 e. The van der Waals surface area contributed by atoms with Crippen molar-refractivity contribution < 1.29 is 9.59 Å². The molecule has 2 N–H and O–H groups in total. The van der Waals surface area contributed by atoms with Gasteiger partial charge in [-0.25, -0.2) is 0 Å². The highest BCUT2D eigenvalue weighted by molar-refractivity contribution is 6.33. The zero-order valence-electron chi connectivity index (χ0n) is 15.1. The number of nitrogens with one attached hydrogen (secondary N) is 2. The van der Waals surface area contributed by atoms with Gasteiger partial charge in [0.2, 0.25) is 5.91 Å². The minimum absolute atomic E-state index is 0.154. The van der Waals surface area contributed by atoms with Gasteiger partial charge in [-0.2, -0.15) is 5.10 Å². The van der Waals surface area contributed by atoms with E-state index in [4.69, 9.17) is 11.6 Å². The molecule has 0 fully saturated rings. The zero-order valence-corrected chi connectivity index (χ0v) is 15.9. The molecule has 25 heavy (non-hydrogen) atoms. The lowest BCUT2D eigenvalue weighted by molar-refractivity contribution is -0.115. The van der Waals surface area contributed by atoms with E-state index in [1.807, 2.05) is 33.8 Å². The second-order valence-corrected chi connectivity index (χ2v) is 7.41. The number of benzene rings is 1. The molecule has 2 amide bonds. The van der Waals surface area contributed by atoms with Crippen LogP contribution in [0.4, 0.5) is 5.69 Å². The Bertz CT molecular complexity index is 806. The maximum absolute atomic E-state index is 12.3. The summed E-state index contributed by atoms with van der Waals surface area (Å²) in [5.41, 5.74) is 2.59. The Labute approximate surface area is 152 Å². The highest BCUT2D eigenvalue weighted by Crippen LogP contribution is 2.23. The van der Waals surface area contributed by atoms with Crippen molar-refractivity contribution in [2.75, 3.05) is 11.9 Å². The number of anilines is 1. The quantitative estimate of drug-likeness (QED) is 0.877. The van der Waals surface area contributed by atoms with Gasteiger partial charge in [-0.3, -0.25) is 14.3 Å². The number of nitrogens with zero attached hydrogens (tertiary/aromatic N) is 2. The summed E-state index contributed by atoms with van der Waals surface area (Å²) in [5.74, 6) is -0.701. The number of hydrogen-bond acceptors (Lipinski definition) is 3. The Morgan fingerprint density at radius 3 is 2.48 bits per heavy atom. The van der Waals surface area contributed by atoms with Crippen molar-refractivity contribution >= 4 is 29.1 Å². The molecule has 6 nitrogen and oxygen atoms in total. The van der Waals surface area contributed by atoms with E-state index in [1.54, 1.807) is 25.2 Å². The summed E-state index contributed by atoms with van der Waals surface area (Å²) in [6, 6.07) is 7.08. The van der Waals surface area contributed by atoms with Crippen molar-refractivity contribution in [3.05, 3.63) is 46.2 Å². The van der Waals surface area contributed by atoms with Crippen LogP contribution >= 0.6 is 11.6 Å². The first kappa shape index (κ1) is 19.0. The lowest BCUT2D eigenvalue weighted by Crippen LogP contribution is -2.33. The zero-order chi connectivity index (χ0) is 18.8. The molecule has 7 heteroatoms. The number of aryl methyl sites for hydroxylation is 2. The lowest BCUT2D eigenvalue weighted by atomic mass is 9.92. The normalized spacial score (nSPS) is 11.3. The van der Waals surface area contributed by atoms with E-state index >= 15 is 0 Å². The average Bonchev–Trinajstić information content (AvgIpc) is 2.90. The van der Waals surface area contributed by atoms with Crippen LogP contribution in [-0.2, 0) is 17.3 Å². The van der Waals surface area contributed by atoms with Gasteiger partial charge in [0.25, 0.3) is 5.91 Å². The van der Waals surface area contributed by atoms with E-state index in [9.17, 15) is 9.59 Å². The molecule has 0 atom stereocenters. The van der Waals surface area contributed by atoms with E-state index in [0.29, 0.717) is 16.4 Å². The fourth-order valence-corrected chi connectivity index (χ4v) is 2.50. The summed E-state index contributed by atoms with van der Waals surface area (Å²) < 4.78 is 1.52. The van der Waals surface area contributed by atoms with E-state index in [0.717, 1.165) is 11.3 Å². The van der Waals surface area contributed by atoms with Crippen LogP contribution < -0.4 is 10.6 Å². The molecule has 0 aliphatic carbocycles. The molecule has 0 bridgehead atoms. The number of aromatic nitrogens is 2. The Morgan fingerprint density at radius 1 is 1.24 bits per heavy atom. The molecule has 2 rings (SSSR count). The summed E-state index contributed by atoms with van der Waals surface area (Å²) in [4.78, 5) is 24.3. The second kappa shape index (κ2) is 7.27. The highest BCUT2D eigenvalue weighted by atomic mass is 35.5. The molecule has 0 radical (unpaired) electrons. The molecular formula is C18H23ClN4O2. The monoisotopic (exact) mass is 362 g/mol. The van der Waals surface area contributed by atoms with Gasteiger partial charge in [0.1, 0.15) is 5.69 Å². The van der Waals surface area contributed by atoms with E-state index in [2.05, 4.69) is 15.7 Å². The van der Waals surface area contributed by atoms with Crippen molar-refractivity contribution in [3.8, 4) is 0 Å². The Morgan fingerprint density at radius 2 is 1.92 bits per heavy atom. The summed E-state index contributed by atoms with van der Waals surface area (Å²) in [5, 5.41) is 10.1. The topological polar surface area (TPSA) is 76.0 Å². The van der Waals surface area contributed by atoms with Gasteiger partial charge >= 0.3 is 0 Å². The summed E-state index contributed by atoms with van der Waals surface area (Å²) in [6.07, 6.45) is 0. The molecular weight excluding hydrogens is 340 g/mol. The molecule has 1 heterocycles. The van der Waals surface area contributed by atoms with Gasteiger partial charge < -0.3 is 10.6 Å². The predicted octanol–water partition coefficient (Wildman–Crippen LogP) is 3.05. The third-order valence-electron chi connectivity index (χ3n) is 3.69. The molecule has 0 saturated heterocycles. The molecule has 2 aromatic rings. The summed E-state index contributed by atoms with van der Waals surface area (Å²) >= 11 is 6.08. The molecule has 0 spiro atoms. The van der Waals surface area contributed by atoms with E-state index in [-0.39, 0.29) is 23.8 Å². The van der Waals surface area contributed by atoms with Crippen LogP contribution in [0, 0.1) is 6.92 Å². The standard InChI is InChI=1S/C18H23ClN4O2/c1-11-6-7-13(12(19)8-11)21-16(24)10-20-17(25)14-9-15(18(2,3)4)22-23(14)5/h6-9H,10H2,1-5H3,(H,20,25)(H,21,24). The van der Waals surface area contributed by atoms with Gasteiger partial charge in [-0.05, 0) is 30.7 Å². The first-order chi connectivity index (χ1) is 11.6. The van der Waals surface area contributed by atoms with Crippen LogP contribution in [0.1, 0.15) is 42.5 Å². The number of rotatable bonds is 4. The van der Waals surface area contributed by atoms with Crippen LogP contribution in [0.2, 0.25) is 5.02 Å². The molecule has 1 aromatic carbocycles. The van der Waals surface area contributed by atoms with Crippen molar-refractivity contribution in [1.29, 1.82) is 0 Å². The molecule has 1 aromatic heterocycles. The lowest BCUT2D eigenvalue weighted by Gasteiger charge is -2.13. The second-order valence-electron chi connectivity index (χ2n) is 7.00. The molecule has 134 valence electrons. The van der Waals surface area contributed by atoms with Crippen molar-refractivity contribution in [2.24, 2.45) is 7.05 Å². The van der Waals surface area contributed by atoms with Crippen LogP contribution in [0.15, 0.2) is 24.3 Å². The first-order valence-corrected chi connectivity index (χ1v) is 8.34. The number of hydrogen-bond donors (Lipinski definition) is 2. The molecule has 0 unspecified atom stereocenters. The van der Waals surface area contributed by atoms with Gasteiger partial charge in [0.15, 0.2) is 0 Å². The molecule has 0 saturated carbocycles. The Hall–Kier alpha value is -2.34. The Kier molecular flexibility index (Phi) is 5.52. The maximum Gasteiger partial charge on any atom is 0.269 e. The van der Waals surface area contributed by atoms with E-state index in [1.165, 1.54) is 4.68 Å². The van der Waals surface area contributed by atoms with Gasteiger partial charge in [0, 0.05) is 12.5 Å². The van der Waals surface area contributed by atoms with E-state index < -0.39 is 0 Å². The predicted molar refractivity (Wildman–Crippen MR) is 99.1 cm³/mol. The van der Waals surface area contributed by atoms with Crippen LogP contribution in [0.5, 0.6) is 0 Å². The molecule has 0 aliphatic rings. The number of carbonyl (C=O) groups excluding carboxylic acids is 2. The average molecular weight is 363 g/mol. The maximum atomic E-state index is 12.3. The van der Waals surface area contributed by atoms with Crippen LogP contribution in [0.3, 0.4) is 0 Å².